The minimum Gasteiger partial charge on any atom is -0.505 e. The van der Waals surface area contributed by atoms with Gasteiger partial charge in [0.15, 0.2) is 0 Å². The monoisotopic (exact) mass is 555 g/mol. The Hall–Kier alpha value is -3.33. The first-order chi connectivity index (χ1) is 19.9. The average Bonchev–Trinajstić information content (AvgIpc) is 3.27. The molecule has 0 amide bonds. The van der Waals surface area contributed by atoms with Gasteiger partial charge < -0.3 is 18.9 Å². The van der Waals surface area contributed by atoms with E-state index in [4.69, 9.17) is 14.0 Å². The zero-order valence-electron chi connectivity index (χ0n) is 24.8. The van der Waals surface area contributed by atoms with E-state index >= 15 is 0 Å². The van der Waals surface area contributed by atoms with Gasteiger partial charge in [0.25, 0.3) is 0 Å². The normalized spacial score (nSPS) is 16.2. The molecule has 3 aromatic rings. The molecule has 41 heavy (non-hydrogen) atoms. The van der Waals surface area contributed by atoms with Gasteiger partial charge in [0.1, 0.15) is 12.4 Å². The topological polar surface area (TPSA) is 54.5 Å². The third kappa shape index (κ3) is 6.95. The van der Waals surface area contributed by atoms with Gasteiger partial charge in [-0.1, -0.05) is 61.5 Å². The smallest absolute Gasteiger partial charge is 0.505 e. The predicted molar refractivity (Wildman–Crippen MR) is 165 cm³/mol. The highest BCUT2D eigenvalue weighted by Gasteiger charge is 2.43. The van der Waals surface area contributed by atoms with Crippen LogP contribution in [0.15, 0.2) is 72.8 Å². The fourth-order valence-corrected chi connectivity index (χ4v) is 6.07. The summed E-state index contributed by atoms with van der Waals surface area (Å²) in [7, 11) is 4.89. The van der Waals surface area contributed by atoms with E-state index in [-0.39, 0.29) is 12.5 Å². The van der Waals surface area contributed by atoms with Crippen molar-refractivity contribution in [3.63, 3.8) is 0 Å². The Balaban J connectivity index is 1.08. The number of likely N-dealkylation sites (N-methyl/N-ethyl adjacent to an activating group) is 2. The zero-order chi connectivity index (χ0) is 28.8. The molecule has 0 atom stereocenters. The Labute approximate surface area is 245 Å². The van der Waals surface area contributed by atoms with Crippen molar-refractivity contribution in [2.24, 2.45) is 0 Å². The second kappa shape index (κ2) is 13.1. The molecule has 2 aliphatic rings. The number of fused-ring (bicyclic) bond motifs is 2. The summed E-state index contributed by atoms with van der Waals surface area (Å²) in [6, 6.07) is 25.2. The van der Waals surface area contributed by atoms with Crippen molar-refractivity contribution < 1.29 is 18.8 Å². The maximum absolute atomic E-state index is 12.1. The Morgan fingerprint density at radius 1 is 0.976 bits per heavy atom. The van der Waals surface area contributed by atoms with Crippen molar-refractivity contribution in [2.45, 2.75) is 38.3 Å². The second-order valence-corrected chi connectivity index (χ2v) is 11.5. The van der Waals surface area contributed by atoms with Gasteiger partial charge in [0.05, 0.1) is 6.54 Å². The summed E-state index contributed by atoms with van der Waals surface area (Å²) in [4.78, 5) is 19.1. The third-order valence-electron chi connectivity index (χ3n) is 8.62. The van der Waals surface area contributed by atoms with Gasteiger partial charge in [-0.15, -0.1) is 0 Å². The number of hydrogen-bond acceptors (Lipinski definition) is 7. The summed E-state index contributed by atoms with van der Waals surface area (Å²) in [5, 5.41) is 0. The molecule has 216 valence electrons. The van der Waals surface area contributed by atoms with Crippen molar-refractivity contribution >= 4 is 24.2 Å². The largest absolute Gasteiger partial charge is 0.564 e. The minimum absolute atomic E-state index is 0.224. The van der Waals surface area contributed by atoms with Crippen LogP contribution in [0.2, 0.25) is 0 Å². The quantitative estimate of drug-likeness (QED) is 0.331. The highest BCUT2D eigenvalue weighted by Crippen LogP contribution is 2.46. The molecule has 3 aromatic carbocycles. The molecule has 0 aromatic heterocycles. The van der Waals surface area contributed by atoms with Crippen LogP contribution in [-0.2, 0) is 32.7 Å². The van der Waals surface area contributed by atoms with E-state index in [9.17, 15) is 4.79 Å². The highest BCUT2D eigenvalue weighted by molar-refractivity contribution is 6.62. The van der Waals surface area contributed by atoms with E-state index in [0.717, 1.165) is 49.5 Å². The van der Waals surface area contributed by atoms with Gasteiger partial charge in [0, 0.05) is 38.3 Å². The number of benzene rings is 3. The van der Waals surface area contributed by atoms with E-state index in [1.54, 1.807) is 5.56 Å². The fourth-order valence-electron chi connectivity index (χ4n) is 6.07. The van der Waals surface area contributed by atoms with Crippen molar-refractivity contribution in [2.75, 3.05) is 58.8 Å². The molecule has 0 bridgehead atoms. The Morgan fingerprint density at radius 2 is 1.66 bits per heavy atom. The second-order valence-electron chi connectivity index (χ2n) is 11.5. The number of piperidine rings is 1. The Morgan fingerprint density at radius 3 is 2.34 bits per heavy atom. The summed E-state index contributed by atoms with van der Waals surface area (Å²) in [6.07, 6.45) is 2.42. The molecule has 5 rings (SSSR count). The molecule has 8 heteroatoms. The minimum atomic E-state index is -0.741. The van der Waals surface area contributed by atoms with Gasteiger partial charge >= 0.3 is 13.1 Å². The molecule has 7 nitrogen and oxygen atoms in total. The van der Waals surface area contributed by atoms with Crippen LogP contribution in [0.4, 0.5) is 5.69 Å². The number of carbonyl (C=O) groups excluding carboxylic acids is 1. The molecule has 0 N–H and O–H groups in total. The van der Waals surface area contributed by atoms with Crippen LogP contribution in [0, 0.1) is 0 Å². The molecule has 0 unspecified atom stereocenters. The predicted octanol–water partition coefficient (Wildman–Crippen LogP) is 4.09. The van der Waals surface area contributed by atoms with E-state index in [2.05, 4.69) is 65.4 Å². The number of nitrogens with zero attached hydrogens (tertiary/aromatic N) is 3. The van der Waals surface area contributed by atoms with Crippen molar-refractivity contribution in [3.8, 4) is 5.75 Å². The van der Waals surface area contributed by atoms with Crippen LogP contribution in [0.25, 0.3) is 0 Å². The number of likely N-dealkylation sites (tertiary alicyclic amines) is 1. The van der Waals surface area contributed by atoms with Crippen LogP contribution in [0.5, 0.6) is 5.75 Å². The molecule has 0 radical (unpaired) electrons. The molecular formula is C33H42BN3O4. The van der Waals surface area contributed by atoms with Crippen LogP contribution in [-0.4, -0.2) is 76.8 Å². The van der Waals surface area contributed by atoms with Crippen molar-refractivity contribution in [3.05, 3.63) is 89.5 Å². The summed E-state index contributed by atoms with van der Waals surface area (Å²) in [5.41, 5.74) is 6.49. The molecule has 0 saturated carbocycles. The van der Waals surface area contributed by atoms with Gasteiger partial charge in [0.2, 0.25) is 0 Å². The zero-order valence-corrected chi connectivity index (χ0v) is 24.8. The maximum Gasteiger partial charge on any atom is 0.564 e. The summed E-state index contributed by atoms with van der Waals surface area (Å²) >= 11 is 0. The number of carbonyl (C=O) groups is 1. The van der Waals surface area contributed by atoms with Crippen molar-refractivity contribution in [1.82, 2.24) is 9.80 Å². The molecular weight excluding hydrogens is 513 g/mol. The highest BCUT2D eigenvalue weighted by atomic mass is 16.6. The van der Waals surface area contributed by atoms with E-state index < -0.39 is 7.12 Å². The first-order valence-electron chi connectivity index (χ1n) is 14.6. The molecule has 2 aliphatic heterocycles. The Kier molecular flexibility index (Phi) is 9.33. The number of rotatable bonds is 11. The summed E-state index contributed by atoms with van der Waals surface area (Å²) < 4.78 is 16.9. The van der Waals surface area contributed by atoms with Crippen LogP contribution >= 0.6 is 0 Å². The van der Waals surface area contributed by atoms with Gasteiger partial charge in [-0.2, -0.15) is 0 Å². The van der Waals surface area contributed by atoms with E-state index in [0.29, 0.717) is 12.0 Å². The standard InChI is InChI=1S/C33H42BN3O4/c1-5-35(2)23-32(38)41-34(39-4)28-14-16-29(17-15-28)40-24-27-12-10-26(11-13-27)22-37-20-18-33(19-21-37)25-36(3)31-9-7-6-8-30(31)33/h6-17H,5,18-25H2,1-4H3. The van der Waals surface area contributed by atoms with Gasteiger partial charge in [-0.05, 0) is 79.9 Å². The Bertz CT molecular complexity index is 1290. The third-order valence-corrected chi connectivity index (χ3v) is 8.62. The van der Waals surface area contributed by atoms with Crippen LogP contribution in [0.3, 0.4) is 0 Å². The number of anilines is 1. The lowest BCUT2D eigenvalue weighted by atomic mass is 9.74. The lowest BCUT2D eigenvalue weighted by Gasteiger charge is -2.40. The molecule has 1 spiro atoms. The molecule has 1 fully saturated rings. The maximum atomic E-state index is 12.1. The van der Waals surface area contributed by atoms with Crippen LogP contribution in [0.1, 0.15) is 36.5 Å². The lowest BCUT2D eigenvalue weighted by Crippen LogP contribution is -2.44. The van der Waals surface area contributed by atoms with E-state index in [1.807, 2.05) is 43.1 Å². The first-order valence-corrected chi connectivity index (χ1v) is 14.6. The SMILES string of the molecule is CCN(C)CC(=O)OB(OC)c1ccc(OCc2ccc(CN3CCC4(CC3)CN(C)c3ccccc34)cc2)cc1. The molecule has 2 heterocycles. The van der Waals surface area contributed by atoms with Gasteiger partial charge in [-0.25, -0.2) is 0 Å². The number of ether oxygens (including phenoxy) is 1. The first kappa shape index (κ1) is 29.2. The molecule has 1 saturated heterocycles. The van der Waals surface area contributed by atoms with E-state index in [1.165, 1.54) is 31.2 Å². The number of hydrogen-bond donors (Lipinski definition) is 0. The molecule has 0 aliphatic carbocycles. The fraction of sp³-hybridized carbons (Fsp3) is 0.424. The lowest BCUT2D eigenvalue weighted by molar-refractivity contribution is -0.136. The summed E-state index contributed by atoms with van der Waals surface area (Å²) in [5.74, 6) is 0.438. The van der Waals surface area contributed by atoms with Crippen molar-refractivity contribution in [1.29, 1.82) is 0 Å². The van der Waals surface area contributed by atoms with Crippen LogP contribution < -0.4 is 15.1 Å². The average molecular weight is 556 g/mol. The summed E-state index contributed by atoms with van der Waals surface area (Å²) in [6.45, 7) is 7.85. The number of para-hydroxylation sites is 1. The van der Waals surface area contributed by atoms with Gasteiger partial charge in [-0.3, -0.25) is 14.6 Å².